The SMILES string of the molecule is CCCc1cccc(C(O)c2scc(C)c2Cl)c1. The van der Waals surface area contributed by atoms with Gasteiger partial charge in [-0.25, -0.2) is 0 Å². The average molecular weight is 281 g/mol. The summed E-state index contributed by atoms with van der Waals surface area (Å²) in [6, 6.07) is 8.12. The molecule has 0 spiro atoms. The van der Waals surface area contributed by atoms with E-state index in [-0.39, 0.29) is 0 Å². The lowest BCUT2D eigenvalue weighted by molar-refractivity contribution is 0.224. The third-order valence-electron chi connectivity index (χ3n) is 2.98. The van der Waals surface area contributed by atoms with Crippen molar-refractivity contribution in [3.63, 3.8) is 0 Å². The smallest absolute Gasteiger partial charge is 0.115 e. The molecule has 0 saturated heterocycles. The highest BCUT2D eigenvalue weighted by Crippen LogP contribution is 2.35. The molecule has 0 radical (unpaired) electrons. The Kier molecular flexibility index (Phi) is 4.44. The predicted octanol–water partition coefficient (Wildman–Crippen LogP) is 4.74. The number of aliphatic hydroxyl groups is 1. The van der Waals surface area contributed by atoms with Gasteiger partial charge in [-0.3, -0.25) is 0 Å². The summed E-state index contributed by atoms with van der Waals surface area (Å²) in [6.07, 6.45) is 1.53. The minimum absolute atomic E-state index is 0.618. The Morgan fingerprint density at radius 2 is 2.17 bits per heavy atom. The third-order valence-corrected chi connectivity index (χ3v) is 4.75. The van der Waals surface area contributed by atoms with E-state index in [1.807, 2.05) is 24.4 Å². The molecule has 96 valence electrons. The number of halogens is 1. The van der Waals surface area contributed by atoms with Crippen molar-refractivity contribution in [1.82, 2.24) is 0 Å². The predicted molar refractivity (Wildman–Crippen MR) is 78.6 cm³/mol. The fourth-order valence-corrected chi connectivity index (χ4v) is 3.30. The highest BCUT2D eigenvalue weighted by atomic mass is 35.5. The van der Waals surface area contributed by atoms with E-state index in [1.54, 1.807) is 0 Å². The lowest BCUT2D eigenvalue weighted by Crippen LogP contribution is -1.99. The number of benzene rings is 1. The van der Waals surface area contributed by atoms with Crippen LogP contribution in [0.5, 0.6) is 0 Å². The summed E-state index contributed by atoms with van der Waals surface area (Å²) in [7, 11) is 0. The highest BCUT2D eigenvalue weighted by molar-refractivity contribution is 7.10. The van der Waals surface area contributed by atoms with Crippen LogP contribution in [0.3, 0.4) is 0 Å². The topological polar surface area (TPSA) is 20.2 Å². The van der Waals surface area contributed by atoms with E-state index in [9.17, 15) is 5.11 Å². The maximum Gasteiger partial charge on any atom is 0.115 e. The fraction of sp³-hybridized carbons (Fsp3) is 0.333. The van der Waals surface area contributed by atoms with Gasteiger partial charge in [0.2, 0.25) is 0 Å². The van der Waals surface area contributed by atoms with Crippen molar-refractivity contribution >= 4 is 22.9 Å². The summed E-state index contributed by atoms with van der Waals surface area (Å²) in [5.74, 6) is 0. The summed E-state index contributed by atoms with van der Waals surface area (Å²) in [5, 5.41) is 13.1. The number of rotatable bonds is 4. The van der Waals surface area contributed by atoms with Gasteiger partial charge in [0, 0.05) is 0 Å². The van der Waals surface area contributed by atoms with Crippen molar-refractivity contribution in [1.29, 1.82) is 0 Å². The zero-order valence-corrected chi connectivity index (χ0v) is 12.2. The first kappa shape index (κ1) is 13.6. The van der Waals surface area contributed by atoms with Gasteiger partial charge in [-0.2, -0.15) is 0 Å². The molecule has 1 atom stereocenters. The normalized spacial score (nSPS) is 12.7. The molecule has 1 nitrogen and oxygen atoms in total. The Labute approximate surface area is 117 Å². The minimum Gasteiger partial charge on any atom is -0.383 e. The molecule has 1 unspecified atom stereocenters. The molecule has 0 saturated carbocycles. The second-order valence-electron chi connectivity index (χ2n) is 4.49. The second kappa shape index (κ2) is 5.87. The standard InChI is InChI=1S/C15H17ClOS/c1-3-5-11-6-4-7-12(8-11)14(17)15-13(16)10(2)9-18-15/h4,6-9,14,17H,3,5H2,1-2H3. The van der Waals surface area contributed by atoms with Crippen LogP contribution in [0.4, 0.5) is 0 Å². The fourth-order valence-electron chi connectivity index (χ4n) is 1.99. The largest absolute Gasteiger partial charge is 0.383 e. The second-order valence-corrected chi connectivity index (χ2v) is 5.78. The molecule has 1 aromatic heterocycles. The summed E-state index contributed by atoms with van der Waals surface area (Å²) in [4.78, 5) is 0.836. The first-order valence-electron chi connectivity index (χ1n) is 6.14. The van der Waals surface area contributed by atoms with Crippen LogP contribution < -0.4 is 0 Å². The molecular weight excluding hydrogens is 264 g/mol. The lowest BCUT2D eigenvalue weighted by atomic mass is 10.0. The number of hydrogen-bond acceptors (Lipinski definition) is 2. The molecule has 1 aromatic carbocycles. The summed E-state index contributed by atoms with van der Waals surface area (Å²) in [5.41, 5.74) is 3.21. The molecule has 0 bridgehead atoms. The Balaban J connectivity index is 2.30. The van der Waals surface area contributed by atoms with Crippen LogP contribution in [0.25, 0.3) is 0 Å². The van der Waals surface area contributed by atoms with Crippen LogP contribution >= 0.6 is 22.9 Å². The molecule has 0 aliphatic rings. The van der Waals surface area contributed by atoms with Gasteiger partial charge < -0.3 is 5.11 Å². The van der Waals surface area contributed by atoms with Gasteiger partial charge in [0.15, 0.2) is 0 Å². The van der Waals surface area contributed by atoms with Crippen LogP contribution in [0, 0.1) is 6.92 Å². The Hall–Kier alpha value is -0.830. The van der Waals surface area contributed by atoms with E-state index in [2.05, 4.69) is 19.1 Å². The number of aryl methyl sites for hydroxylation is 2. The Morgan fingerprint density at radius 3 is 2.78 bits per heavy atom. The zero-order valence-electron chi connectivity index (χ0n) is 10.6. The van der Waals surface area contributed by atoms with Crippen molar-refractivity contribution in [2.75, 3.05) is 0 Å². The van der Waals surface area contributed by atoms with Crippen molar-refractivity contribution in [3.05, 3.63) is 56.2 Å². The summed E-state index contributed by atoms with van der Waals surface area (Å²) < 4.78 is 0. The molecule has 2 aromatic rings. The van der Waals surface area contributed by atoms with E-state index >= 15 is 0 Å². The molecule has 18 heavy (non-hydrogen) atoms. The van der Waals surface area contributed by atoms with Crippen LogP contribution in [0.15, 0.2) is 29.6 Å². The van der Waals surface area contributed by atoms with Gasteiger partial charge in [-0.05, 0) is 35.4 Å². The molecule has 3 heteroatoms. The number of aliphatic hydroxyl groups excluding tert-OH is 1. The van der Waals surface area contributed by atoms with Crippen LogP contribution in [-0.2, 0) is 6.42 Å². The molecule has 0 aliphatic heterocycles. The lowest BCUT2D eigenvalue weighted by Gasteiger charge is -2.11. The number of hydrogen-bond donors (Lipinski definition) is 1. The molecule has 1 N–H and O–H groups in total. The maximum absolute atomic E-state index is 10.4. The monoisotopic (exact) mass is 280 g/mol. The summed E-state index contributed by atoms with van der Waals surface area (Å²) in [6.45, 7) is 4.12. The quantitative estimate of drug-likeness (QED) is 0.857. The van der Waals surface area contributed by atoms with E-state index in [4.69, 9.17) is 11.6 Å². The molecule has 1 heterocycles. The van der Waals surface area contributed by atoms with Crippen molar-refractivity contribution in [2.24, 2.45) is 0 Å². The minimum atomic E-state index is -0.618. The van der Waals surface area contributed by atoms with Gasteiger partial charge in [-0.15, -0.1) is 11.3 Å². The van der Waals surface area contributed by atoms with Crippen LogP contribution in [0.1, 0.15) is 41.0 Å². The van der Waals surface area contributed by atoms with E-state index in [0.717, 1.165) is 28.8 Å². The zero-order chi connectivity index (χ0) is 13.1. The van der Waals surface area contributed by atoms with Crippen molar-refractivity contribution in [2.45, 2.75) is 32.8 Å². The highest BCUT2D eigenvalue weighted by Gasteiger charge is 2.17. The van der Waals surface area contributed by atoms with Gasteiger partial charge in [-0.1, -0.05) is 49.2 Å². The molecule has 2 rings (SSSR count). The molecule has 0 amide bonds. The van der Waals surface area contributed by atoms with Crippen LogP contribution in [-0.4, -0.2) is 5.11 Å². The van der Waals surface area contributed by atoms with Gasteiger partial charge in [0.25, 0.3) is 0 Å². The van der Waals surface area contributed by atoms with Crippen molar-refractivity contribution < 1.29 is 5.11 Å². The van der Waals surface area contributed by atoms with Gasteiger partial charge in [0.1, 0.15) is 6.10 Å². The van der Waals surface area contributed by atoms with E-state index in [0.29, 0.717) is 5.02 Å². The van der Waals surface area contributed by atoms with E-state index < -0.39 is 6.10 Å². The first-order valence-corrected chi connectivity index (χ1v) is 7.39. The van der Waals surface area contributed by atoms with E-state index in [1.165, 1.54) is 16.9 Å². The molecule has 0 fully saturated rings. The molecular formula is C15H17ClOS. The van der Waals surface area contributed by atoms with Gasteiger partial charge in [0.05, 0.1) is 9.90 Å². The van der Waals surface area contributed by atoms with Crippen molar-refractivity contribution in [3.8, 4) is 0 Å². The van der Waals surface area contributed by atoms with Gasteiger partial charge >= 0.3 is 0 Å². The maximum atomic E-state index is 10.4. The molecule has 0 aliphatic carbocycles. The Morgan fingerprint density at radius 1 is 1.39 bits per heavy atom. The third kappa shape index (κ3) is 2.77. The first-order chi connectivity index (χ1) is 8.63. The Bertz CT molecular complexity index is 533. The summed E-state index contributed by atoms with van der Waals surface area (Å²) >= 11 is 7.72. The number of thiophene rings is 1. The van der Waals surface area contributed by atoms with Crippen LogP contribution in [0.2, 0.25) is 5.02 Å². The average Bonchev–Trinajstić information content (AvgIpc) is 2.70.